The van der Waals surface area contributed by atoms with Crippen molar-refractivity contribution in [1.29, 1.82) is 0 Å². The highest BCUT2D eigenvalue weighted by Crippen LogP contribution is 2.34. The van der Waals surface area contributed by atoms with Crippen molar-refractivity contribution in [3.63, 3.8) is 0 Å². The Morgan fingerprint density at radius 2 is 1.75 bits per heavy atom. The summed E-state index contributed by atoms with van der Waals surface area (Å²) in [4.78, 5) is 35.8. The lowest BCUT2D eigenvalue weighted by atomic mass is 10.1. The molecule has 146 valence electrons. The quantitative estimate of drug-likeness (QED) is 0.433. The summed E-state index contributed by atoms with van der Waals surface area (Å²) in [6.45, 7) is 2.11. The number of benzene rings is 2. The standard InChI is InChI=1S/C20H19NO6S/c1-13(22)14-2-4-15(5-3-14)21-19(23)11-27-20(24)12-28-16-6-7-17-18(10-16)26-9-8-25-17/h2-7,10H,8-9,11-12H2,1H3,(H,21,23). The molecule has 0 bridgehead atoms. The van der Waals surface area contributed by atoms with Crippen LogP contribution in [0.5, 0.6) is 11.5 Å². The van der Waals surface area contributed by atoms with Crippen LogP contribution in [0.1, 0.15) is 17.3 Å². The second-order valence-electron chi connectivity index (χ2n) is 5.94. The molecule has 7 nitrogen and oxygen atoms in total. The highest BCUT2D eigenvalue weighted by Gasteiger charge is 2.13. The number of hydrogen-bond donors (Lipinski definition) is 1. The molecular weight excluding hydrogens is 382 g/mol. The molecule has 1 aliphatic heterocycles. The van der Waals surface area contributed by atoms with E-state index in [-0.39, 0.29) is 18.1 Å². The number of carbonyl (C=O) groups is 3. The van der Waals surface area contributed by atoms with E-state index in [1.807, 2.05) is 12.1 Å². The number of esters is 1. The Bertz CT molecular complexity index is 881. The number of anilines is 1. The van der Waals surface area contributed by atoms with Crippen LogP contribution in [-0.2, 0) is 14.3 Å². The van der Waals surface area contributed by atoms with Gasteiger partial charge in [-0.3, -0.25) is 14.4 Å². The van der Waals surface area contributed by atoms with Gasteiger partial charge in [-0.1, -0.05) is 0 Å². The summed E-state index contributed by atoms with van der Waals surface area (Å²) in [5, 5.41) is 2.61. The van der Waals surface area contributed by atoms with Gasteiger partial charge in [0, 0.05) is 16.1 Å². The van der Waals surface area contributed by atoms with Crippen molar-refractivity contribution >= 4 is 35.1 Å². The molecule has 1 N–H and O–H groups in total. The molecule has 0 fully saturated rings. The largest absolute Gasteiger partial charge is 0.486 e. The van der Waals surface area contributed by atoms with E-state index in [0.717, 1.165) is 4.90 Å². The number of amides is 1. The first-order chi connectivity index (χ1) is 13.5. The van der Waals surface area contributed by atoms with Crippen molar-refractivity contribution in [3.05, 3.63) is 48.0 Å². The van der Waals surface area contributed by atoms with E-state index in [9.17, 15) is 14.4 Å². The van der Waals surface area contributed by atoms with E-state index in [1.165, 1.54) is 18.7 Å². The maximum Gasteiger partial charge on any atom is 0.316 e. The van der Waals surface area contributed by atoms with Gasteiger partial charge >= 0.3 is 5.97 Å². The highest BCUT2D eigenvalue weighted by molar-refractivity contribution is 8.00. The molecule has 0 unspecified atom stereocenters. The van der Waals surface area contributed by atoms with Crippen molar-refractivity contribution in [2.45, 2.75) is 11.8 Å². The minimum atomic E-state index is -0.498. The average molecular weight is 401 g/mol. The summed E-state index contributed by atoms with van der Waals surface area (Å²) in [7, 11) is 0. The van der Waals surface area contributed by atoms with E-state index >= 15 is 0 Å². The number of rotatable bonds is 7. The molecular formula is C20H19NO6S. The first-order valence-electron chi connectivity index (χ1n) is 8.60. The van der Waals surface area contributed by atoms with Crippen LogP contribution in [-0.4, -0.2) is 43.2 Å². The van der Waals surface area contributed by atoms with Gasteiger partial charge in [-0.2, -0.15) is 0 Å². The monoisotopic (exact) mass is 401 g/mol. The third-order valence-electron chi connectivity index (χ3n) is 3.81. The molecule has 1 heterocycles. The number of nitrogens with one attached hydrogen (secondary N) is 1. The van der Waals surface area contributed by atoms with Crippen molar-refractivity contribution < 1.29 is 28.6 Å². The van der Waals surface area contributed by atoms with Gasteiger partial charge in [-0.25, -0.2) is 0 Å². The van der Waals surface area contributed by atoms with Gasteiger partial charge in [0.05, 0.1) is 5.75 Å². The number of carbonyl (C=O) groups excluding carboxylic acids is 3. The molecule has 2 aromatic rings. The minimum absolute atomic E-state index is 0.0534. The fourth-order valence-corrected chi connectivity index (χ4v) is 3.15. The predicted molar refractivity (Wildman–Crippen MR) is 104 cm³/mol. The van der Waals surface area contributed by atoms with Crippen LogP contribution in [0.25, 0.3) is 0 Å². The van der Waals surface area contributed by atoms with Gasteiger partial charge in [-0.05, 0) is 49.4 Å². The SMILES string of the molecule is CC(=O)c1ccc(NC(=O)COC(=O)CSc2ccc3c(c2)OCCO3)cc1. The Hall–Kier alpha value is -3.00. The number of fused-ring (bicyclic) bond motifs is 1. The summed E-state index contributed by atoms with van der Waals surface area (Å²) in [5.74, 6) is 0.406. The van der Waals surface area contributed by atoms with Crippen LogP contribution in [0.4, 0.5) is 5.69 Å². The van der Waals surface area contributed by atoms with Gasteiger partial charge in [0.15, 0.2) is 23.9 Å². The topological polar surface area (TPSA) is 90.9 Å². The predicted octanol–water partition coefficient (Wildman–Crippen LogP) is 2.93. The molecule has 0 aliphatic carbocycles. The molecule has 0 saturated carbocycles. The lowest BCUT2D eigenvalue weighted by molar-refractivity contribution is -0.144. The lowest BCUT2D eigenvalue weighted by Crippen LogP contribution is -2.21. The minimum Gasteiger partial charge on any atom is -0.486 e. The van der Waals surface area contributed by atoms with E-state index in [1.54, 1.807) is 30.3 Å². The fraction of sp³-hybridized carbons (Fsp3) is 0.250. The molecule has 3 rings (SSSR count). The maximum atomic E-state index is 11.9. The van der Waals surface area contributed by atoms with Crippen LogP contribution in [0, 0.1) is 0 Å². The average Bonchev–Trinajstić information content (AvgIpc) is 2.71. The van der Waals surface area contributed by atoms with Crippen LogP contribution in [0.15, 0.2) is 47.4 Å². The third kappa shape index (κ3) is 5.50. The van der Waals surface area contributed by atoms with Gasteiger partial charge in [0.25, 0.3) is 5.91 Å². The molecule has 2 aromatic carbocycles. The molecule has 28 heavy (non-hydrogen) atoms. The Kier molecular flexibility index (Phi) is 6.54. The summed E-state index contributed by atoms with van der Waals surface area (Å²) < 4.78 is 15.9. The van der Waals surface area contributed by atoms with Crippen LogP contribution in [0.2, 0.25) is 0 Å². The number of thioether (sulfide) groups is 1. The second kappa shape index (κ2) is 9.27. The zero-order chi connectivity index (χ0) is 19.9. The smallest absolute Gasteiger partial charge is 0.316 e. The number of ether oxygens (including phenoxy) is 3. The molecule has 1 amide bonds. The summed E-state index contributed by atoms with van der Waals surface area (Å²) in [5.41, 5.74) is 1.08. The Labute approximate surface area is 166 Å². The number of hydrogen-bond acceptors (Lipinski definition) is 7. The molecule has 0 spiro atoms. The van der Waals surface area contributed by atoms with Gasteiger partial charge in [-0.15, -0.1) is 11.8 Å². The second-order valence-corrected chi connectivity index (χ2v) is 6.99. The van der Waals surface area contributed by atoms with E-state index in [4.69, 9.17) is 14.2 Å². The molecule has 0 aromatic heterocycles. The Morgan fingerprint density at radius 1 is 1.04 bits per heavy atom. The van der Waals surface area contributed by atoms with Crippen molar-refractivity contribution in [3.8, 4) is 11.5 Å². The molecule has 0 saturated heterocycles. The third-order valence-corrected chi connectivity index (χ3v) is 4.78. The first-order valence-corrected chi connectivity index (χ1v) is 9.59. The molecule has 8 heteroatoms. The first kappa shape index (κ1) is 19.8. The highest BCUT2D eigenvalue weighted by atomic mass is 32.2. The van der Waals surface area contributed by atoms with Crippen molar-refractivity contribution in [2.24, 2.45) is 0 Å². The maximum absolute atomic E-state index is 11.9. The summed E-state index contributed by atoms with van der Waals surface area (Å²) >= 11 is 1.29. The van der Waals surface area contributed by atoms with Crippen LogP contribution in [0.3, 0.4) is 0 Å². The lowest BCUT2D eigenvalue weighted by Gasteiger charge is -2.18. The van der Waals surface area contributed by atoms with E-state index < -0.39 is 11.9 Å². The van der Waals surface area contributed by atoms with Gasteiger partial charge < -0.3 is 19.5 Å². The summed E-state index contributed by atoms with van der Waals surface area (Å²) in [6.07, 6.45) is 0. The van der Waals surface area contributed by atoms with Crippen molar-refractivity contribution in [2.75, 3.05) is 30.9 Å². The molecule has 0 radical (unpaired) electrons. The molecule has 0 atom stereocenters. The normalized spacial score (nSPS) is 12.2. The number of ketones is 1. The zero-order valence-electron chi connectivity index (χ0n) is 15.2. The van der Waals surface area contributed by atoms with Crippen LogP contribution >= 0.6 is 11.8 Å². The van der Waals surface area contributed by atoms with Gasteiger partial charge in [0.2, 0.25) is 0 Å². The number of Topliss-reactive ketones (excluding diaryl/α,β-unsaturated/α-hetero) is 1. The van der Waals surface area contributed by atoms with E-state index in [0.29, 0.717) is 36.0 Å². The fourth-order valence-electron chi connectivity index (χ4n) is 2.43. The van der Waals surface area contributed by atoms with Crippen molar-refractivity contribution in [1.82, 2.24) is 0 Å². The van der Waals surface area contributed by atoms with Gasteiger partial charge in [0.1, 0.15) is 13.2 Å². The zero-order valence-corrected chi connectivity index (χ0v) is 16.0. The Morgan fingerprint density at radius 3 is 2.46 bits per heavy atom. The molecule has 1 aliphatic rings. The van der Waals surface area contributed by atoms with E-state index in [2.05, 4.69) is 5.32 Å². The Balaban J connectivity index is 1.41. The summed E-state index contributed by atoms with van der Waals surface area (Å²) in [6, 6.07) is 11.9. The van der Waals surface area contributed by atoms with Crippen LogP contribution < -0.4 is 14.8 Å².